The van der Waals surface area contributed by atoms with E-state index in [0.717, 1.165) is 11.3 Å². The van der Waals surface area contributed by atoms with Crippen LogP contribution in [0.15, 0.2) is 24.3 Å². The van der Waals surface area contributed by atoms with Crippen molar-refractivity contribution in [2.24, 2.45) is 0 Å². The van der Waals surface area contributed by atoms with E-state index in [1.165, 1.54) is 0 Å². The van der Waals surface area contributed by atoms with Gasteiger partial charge in [-0.2, -0.15) is 0 Å². The van der Waals surface area contributed by atoms with Crippen molar-refractivity contribution in [2.75, 3.05) is 14.2 Å². The Morgan fingerprint density at radius 2 is 1.94 bits per heavy atom. The van der Waals surface area contributed by atoms with E-state index in [2.05, 4.69) is 0 Å². The number of aliphatic hydroxyl groups is 1. The molecule has 0 aliphatic heterocycles. The van der Waals surface area contributed by atoms with Gasteiger partial charge >= 0.3 is 0 Å². The van der Waals surface area contributed by atoms with E-state index in [1.807, 2.05) is 31.2 Å². The van der Waals surface area contributed by atoms with Crippen molar-refractivity contribution in [2.45, 2.75) is 32.0 Å². The number of ether oxygens (including phenoxy) is 2. The maximum Gasteiger partial charge on any atom is 0.122 e. The standard InChI is InChI=1S/C13H20O3/c1-10(15-2)8-12(14)9-11-6-4-5-7-13(11)16-3/h4-7,10,12,14H,8-9H2,1-3H3. The summed E-state index contributed by atoms with van der Waals surface area (Å²) in [6.07, 6.45) is 0.905. The Bertz CT molecular complexity index is 312. The number of methoxy groups -OCH3 is 2. The van der Waals surface area contributed by atoms with Crippen LogP contribution < -0.4 is 4.74 Å². The Balaban J connectivity index is 2.58. The first-order valence-corrected chi connectivity index (χ1v) is 5.50. The Hall–Kier alpha value is -1.06. The molecule has 1 rings (SSSR count). The zero-order valence-electron chi connectivity index (χ0n) is 10.1. The predicted octanol–water partition coefficient (Wildman–Crippen LogP) is 2.02. The van der Waals surface area contributed by atoms with Crippen LogP contribution in [0, 0.1) is 0 Å². The highest BCUT2D eigenvalue weighted by Crippen LogP contribution is 2.20. The van der Waals surface area contributed by atoms with Gasteiger partial charge in [0, 0.05) is 13.5 Å². The number of hydrogen-bond acceptors (Lipinski definition) is 3. The summed E-state index contributed by atoms with van der Waals surface area (Å²) in [5.74, 6) is 0.826. The van der Waals surface area contributed by atoms with Gasteiger partial charge < -0.3 is 14.6 Å². The molecule has 0 aromatic heterocycles. The van der Waals surface area contributed by atoms with Crippen molar-refractivity contribution < 1.29 is 14.6 Å². The molecule has 0 aliphatic rings. The Labute approximate surface area is 97.0 Å². The molecule has 90 valence electrons. The predicted molar refractivity (Wildman–Crippen MR) is 63.8 cm³/mol. The highest BCUT2D eigenvalue weighted by atomic mass is 16.5. The van der Waals surface area contributed by atoms with Crippen LogP contribution >= 0.6 is 0 Å². The monoisotopic (exact) mass is 224 g/mol. The summed E-state index contributed by atoms with van der Waals surface area (Å²) in [4.78, 5) is 0. The summed E-state index contributed by atoms with van der Waals surface area (Å²) in [7, 11) is 3.30. The minimum absolute atomic E-state index is 0.0738. The molecule has 2 atom stereocenters. The zero-order chi connectivity index (χ0) is 12.0. The molecule has 0 spiro atoms. The van der Waals surface area contributed by atoms with Crippen molar-refractivity contribution in [3.63, 3.8) is 0 Å². The Kier molecular flexibility index (Phi) is 5.29. The minimum atomic E-state index is -0.397. The van der Waals surface area contributed by atoms with Gasteiger partial charge in [-0.3, -0.25) is 0 Å². The summed E-state index contributed by atoms with van der Waals surface area (Å²) in [6, 6.07) is 7.75. The first-order valence-electron chi connectivity index (χ1n) is 5.50. The number of hydrogen-bond donors (Lipinski definition) is 1. The SMILES string of the molecule is COc1ccccc1CC(O)CC(C)OC. The fourth-order valence-corrected chi connectivity index (χ4v) is 1.69. The highest BCUT2D eigenvalue weighted by molar-refractivity contribution is 5.33. The number of rotatable bonds is 6. The van der Waals surface area contributed by atoms with E-state index in [4.69, 9.17) is 9.47 Å². The second-order valence-corrected chi connectivity index (χ2v) is 3.95. The fourth-order valence-electron chi connectivity index (χ4n) is 1.69. The van der Waals surface area contributed by atoms with E-state index in [0.29, 0.717) is 12.8 Å². The van der Waals surface area contributed by atoms with Crippen molar-refractivity contribution in [1.82, 2.24) is 0 Å². The molecule has 0 radical (unpaired) electrons. The lowest BCUT2D eigenvalue weighted by Gasteiger charge is -2.16. The molecule has 1 aromatic carbocycles. The van der Waals surface area contributed by atoms with Crippen LogP contribution in [0.3, 0.4) is 0 Å². The topological polar surface area (TPSA) is 38.7 Å². The molecule has 3 nitrogen and oxygen atoms in total. The van der Waals surface area contributed by atoms with Gasteiger partial charge in [0.1, 0.15) is 5.75 Å². The first-order chi connectivity index (χ1) is 7.67. The van der Waals surface area contributed by atoms with E-state index >= 15 is 0 Å². The van der Waals surface area contributed by atoms with Crippen molar-refractivity contribution >= 4 is 0 Å². The average Bonchev–Trinajstić information content (AvgIpc) is 2.29. The van der Waals surface area contributed by atoms with Crippen LogP contribution in [-0.4, -0.2) is 31.5 Å². The summed E-state index contributed by atoms with van der Waals surface area (Å²) < 4.78 is 10.4. The second kappa shape index (κ2) is 6.51. The lowest BCUT2D eigenvalue weighted by molar-refractivity contribution is 0.0563. The van der Waals surface area contributed by atoms with Gasteiger partial charge in [-0.15, -0.1) is 0 Å². The number of benzene rings is 1. The van der Waals surface area contributed by atoms with Gasteiger partial charge in [0.25, 0.3) is 0 Å². The van der Waals surface area contributed by atoms with Crippen LogP contribution in [0.2, 0.25) is 0 Å². The molecular formula is C13H20O3. The molecule has 0 aliphatic carbocycles. The van der Waals surface area contributed by atoms with Gasteiger partial charge in [0.05, 0.1) is 19.3 Å². The smallest absolute Gasteiger partial charge is 0.122 e. The van der Waals surface area contributed by atoms with Crippen LogP contribution in [0.5, 0.6) is 5.75 Å². The van der Waals surface area contributed by atoms with E-state index in [-0.39, 0.29) is 6.10 Å². The third-order valence-corrected chi connectivity index (χ3v) is 2.65. The third-order valence-electron chi connectivity index (χ3n) is 2.65. The molecular weight excluding hydrogens is 204 g/mol. The van der Waals surface area contributed by atoms with Gasteiger partial charge in [-0.1, -0.05) is 18.2 Å². The van der Waals surface area contributed by atoms with E-state index in [9.17, 15) is 5.11 Å². The molecule has 0 saturated heterocycles. The van der Waals surface area contributed by atoms with Crippen LogP contribution in [-0.2, 0) is 11.2 Å². The molecule has 3 heteroatoms. The van der Waals surface area contributed by atoms with Crippen molar-refractivity contribution in [3.8, 4) is 5.75 Å². The van der Waals surface area contributed by atoms with Crippen LogP contribution in [0.25, 0.3) is 0 Å². The fraction of sp³-hybridized carbons (Fsp3) is 0.538. The maximum atomic E-state index is 9.89. The van der Waals surface area contributed by atoms with Gasteiger partial charge in [-0.25, -0.2) is 0 Å². The summed E-state index contributed by atoms with van der Waals surface area (Å²) >= 11 is 0. The molecule has 0 saturated carbocycles. The van der Waals surface area contributed by atoms with Crippen LogP contribution in [0.4, 0.5) is 0 Å². The molecule has 1 aromatic rings. The number of aliphatic hydroxyl groups excluding tert-OH is 1. The average molecular weight is 224 g/mol. The summed E-state index contributed by atoms with van der Waals surface area (Å²) in [6.45, 7) is 1.95. The highest BCUT2D eigenvalue weighted by Gasteiger charge is 2.12. The van der Waals surface area contributed by atoms with E-state index < -0.39 is 6.10 Å². The molecule has 16 heavy (non-hydrogen) atoms. The maximum absolute atomic E-state index is 9.89. The van der Waals surface area contributed by atoms with Gasteiger partial charge in [0.15, 0.2) is 0 Å². The molecule has 0 fully saturated rings. The lowest BCUT2D eigenvalue weighted by atomic mass is 10.0. The molecule has 0 amide bonds. The summed E-state index contributed by atoms with van der Waals surface area (Å²) in [5, 5.41) is 9.89. The molecule has 0 heterocycles. The Morgan fingerprint density at radius 1 is 1.25 bits per heavy atom. The minimum Gasteiger partial charge on any atom is -0.496 e. The quantitative estimate of drug-likeness (QED) is 0.803. The Morgan fingerprint density at radius 3 is 2.56 bits per heavy atom. The summed E-state index contributed by atoms with van der Waals surface area (Å²) in [5.41, 5.74) is 1.03. The third kappa shape index (κ3) is 3.83. The lowest BCUT2D eigenvalue weighted by Crippen LogP contribution is -2.19. The zero-order valence-corrected chi connectivity index (χ0v) is 10.1. The number of para-hydroxylation sites is 1. The van der Waals surface area contributed by atoms with Crippen LogP contribution in [0.1, 0.15) is 18.9 Å². The molecule has 2 unspecified atom stereocenters. The van der Waals surface area contributed by atoms with Crippen molar-refractivity contribution in [3.05, 3.63) is 29.8 Å². The second-order valence-electron chi connectivity index (χ2n) is 3.95. The van der Waals surface area contributed by atoms with Gasteiger partial charge in [0.2, 0.25) is 0 Å². The largest absolute Gasteiger partial charge is 0.496 e. The first kappa shape index (κ1) is 13.0. The van der Waals surface area contributed by atoms with E-state index in [1.54, 1.807) is 14.2 Å². The van der Waals surface area contributed by atoms with Gasteiger partial charge in [-0.05, 0) is 25.0 Å². The van der Waals surface area contributed by atoms with Crippen molar-refractivity contribution in [1.29, 1.82) is 0 Å². The molecule has 0 bridgehead atoms. The molecule has 1 N–H and O–H groups in total. The normalized spacial score (nSPS) is 14.5.